The van der Waals surface area contributed by atoms with E-state index in [9.17, 15) is 4.79 Å². The number of carboxylic acid groups (broad SMARTS) is 1. The minimum atomic E-state index is -1.00. The van der Waals surface area contributed by atoms with Gasteiger partial charge in [-0.15, -0.1) is 0 Å². The highest BCUT2D eigenvalue weighted by molar-refractivity contribution is 5.73. The maximum Gasteiger partial charge on any atom is 0.348 e. The highest BCUT2D eigenvalue weighted by Gasteiger charge is 2.27. The fraction of sp³-hybridized carbons (Fsp3) is 0.364. The summed E-state index contributed by atoms with van der Waals surface area (Å²) in [5, 5.41) is 8.78. The van der Waals surface area contributed by atoms with E-state index in [2.05, 4.69) is 0 Å². The van der Waals surface area contributed by atoms with Crippen LogP contribution in [0.2, 0.25) is 0 Å². The molecule has 1 aromatic carbocycles. The van der Waals surface area contributed by atoms with E-state index in [1.54, 1.807) is 6.07 Å². The molecule has 1 heterocycles. The van der Waals surface area contributed by atoms with Gasteiger partial charge in [0.05, 0.1) is 0 Å². The molecule has 80 valence electrons. The number of rotatable bonds is 1. The summed E-state index contributed by atoms with van der Waals surface area (Å²) in [5.41, 5.74) is 2.16. The van der Waals surface area contributed by atoms with Crippen LogP contribution in [0.25, 0.3) is 0 Å². The predicted molar refractivity (Wildman–Crippen MR) is 53.5 cm³/mol. The molecule has 0 saturated heterocycles. The van der Waals surface area contributed by atoms with E-state index in [1.807, 2.05) is 19.9 Å². The number of carboxylic acids is 1. The van der Waals surface area contributed by atoms with Crippen LogP contribution in [0.15, 0.2) is 12.1 Å². The molecule has 0 radical (unpaired) electrons. The van der Waals surface area contributed by atoms with E-state index < -0.39 is 12.1 Å². The zero-order valence-electron chi connectivity index (χ0n) is 8.61. The Morgan fingerprint density at radius 1 is 1.33 bits per heavy atom. The average Bonchev–Trinajstić information content (AvgIpc) is 2.19. The lowest BCUT2D eigenvalue weighted by Gasteiger charge is -2.24. The minimum Gasteiger partial charge on any atom is -0.485 e. The SMILES string of the molecule is Cc1cc2c(cc1C)OC(C(=O)O)CO2. The molecule has 15 heavy (non-hydrogen) atoms. The lowest BCUT2D eigenvalue weighted by Crippen LogP contribution is -2.36. The molecule has 1 N–H and O–H groups in total. The van der Waals surface area contributed by atoms with Crippen molar-refractivity contribution >= 4 is 5.97 Å². The van der Waals surface area contributed by atoms with E-state index >= 15 is 0 Å². The van der Waals surface area contributed by atoms with Crippen LogP contribution in [0.1, 0.15) is 11.1 Å². The number of hydrogen-bond acceptors (Lipinski definition) is 3. The van der Waals surface area contributed by atoms with Crippen molar-refractivity contribution in [1.29, 1.82) is 0 Å². The monoisotopic (exact) mass is 208 g/mol. The smallest absolute Gasteiger partial charge is 0.348 e. The zero-order valence-corrected chi connectivity index (χ0v) is 8.61. The van der Waals surface area contributed by atoms with Crippen LogP contribution in [0.4, 0.5) is 0 Å². The first kappa shape index (κ1) is 9.83. The number of aliphatic carboxylic acids is 1. The Hall–Kier alpha value is -1.71. The Bertz CT molecular complexity index is 411. The molecule has 1 aromatic rings. The fourth-order valence-corrected chi connectivity index (χ4v) is 1.44. The van der Waals surface area contributed by atoms with Crippen LogP contribution in [0.5, 0.6) is 11.5 Å². The van der Waals surface area contributed by atoms with E-state index in [4.69, 9.17) is 14.6 Å². The lowest BCUT2D eigenvalue weighted by molar-refractivity contribution is -0.147. The molecule has 1 aliphatic heterocycles. The van der Waals surface area contributed by atoms with E-state index in [0.29, 0.717) is 11.5 Å². The molecule has 2 rings (SSSR count). The molecule has 0 fully saturated rings. The largest absolute Gasteiger partial charge is 0.485 e. The van der Waals surface area contributed by atoms with Crippen molar-refractivity contribution < 1.29 is 19.4 Å². The van der Waals surface area contributed by atoms with E-state index in [0.717, 1.165) is 11.1 Å². The summed E-state index contributed by atoms with van der Waals surface area (Å²) in [5.74, 6) is 0.131. The zero-order chi connectivity index (χ0) is 11.0. The fourth-order valence-electron chi connectivity index (χ4n) is 1.44. The summed E-state index contributed by atoms with van der Waals surface area (Å²) in [6.07, 6.45) is -0.903. The Morgan fingerprint density at radius 2 is 1.93 bits per heavy atom. The second kappa shape index (κ2) is 3.46. The Kier molecular flexibility index (Phi) is 2.26. The second-order valence-electron chi connectivity index (χ2n) is 3.64. The standard InChI is InChI=1S/C11H12O4/c1-6-3-8-9(4-7(6)2)15-10(5-14-8)11(12)13/h3-4,10H,5H2,1-2H3,(H,12,13). The summed E-state index contributed by atoms with van der Waals surface area (Å²) in [7, 11) is 0. The quantitative estimate of drug-likeness (QED) is 0.760. The number of fused-ring (bicyclic) bond motifs is 1. The van der Waals surface area contributed by atoms with Gasteiger partial charge in [0, 0.05) is 0 Å². The van der Waals surface area contributed by atoms with Gasteiger partial charge in [0.1, 0.15) is 6.61 Å². The average molecular weight is 208 g/mol. The molecule has 0 amide bonds. The van der Waals surface area contributed by atoms with Crippen LogP contribution in [0.3, 0.4) is 0 Å². The first-order chi connectivity index (χ1) is 7.08. The molecule has 4 nitrogen and oxygen atoms in total. The Balaban J connectivity index is 2.34. The lowest BCUT2D eigenvalue weighted by atomic mass is 10.1. The molecule has 0 aliphatic carbocycles. The number of aryl methyl sites for hydroxylation is 2. The molecule has 1 unspecified atom stereocenters. The third-order valence-electron chi connectivity index (χ3n) is 2.49. The van der Waals surface area contributed by atoms with E-state index in [1.165, 1.54) is 0 Å². The van der Waals surface area contributed by atoms with Crippen LogP contribution in [-0.4, -0.2) is 23.8 Å². The normalized spacial score (nSPS) is 18.7. The Morgan fingerprint density at radius 3 is 2.53 bits per heavy atom. The van der Waals surface area contributed by atoms with Crippen molar-refractivity contribution in [3.05, 3.63) is 23.3 Å². The molecule has 0 bridgehead atoms. The molecule has 4 heteroatoms. The van der Waals surface area contributed by atoms with Crippen molar-refractivity contribution in [3.63, 3.8) is 0 Å². The van der Waals surface area contributed by atoms with Gasteiger partial charge in [-0.1, -0.05) is 0 Å². The van der Waals surface area contributed by atoms with Crippen molar-refractivity contribution in [2.24, 2.45) is 0 Å². The maximum absolute atomic E-state index is 10.7. The molecule has 1 atom stereocenters. The molecular formula is C11H12O4. The van der Waals surface area contributed by atoms with Gasteiger partial charge in [0.15, 0.2) is 11.5 Å². The highest BCUT2D eigenvalue weighted by atomic mass is 16.6. The van der Waals surface area contributed by atoms with Gasteiger partial charge < -0.3 is 14.6 Å². The van der Waals surface area contributed by atoms with Crippen LogP contribution >= 0.6 is 0 Å². The molecule has 0 aromatic heterocycles. The van der Waals surface area contributed by atoms with Gasteiger partial charge in [-0.05, 0) is 37.1 Å². The predicted octanol–water partition coefficient (Wildman–Crippen LogP) is 1.53. The topological polar surface area (TPSA) is 55.8 Å². The molecule has 0 spiro atoms. The third-order valence-corrected chi connectivity index (χ3v) is 2.49. The van der Waals surface area contributed by atoms with Gasteiger partial charge in [0.25, 0.3) is 0 Å². The van der Waals surface area contributed by atoms with Gasteiger partial charge in [-0.25, -0.2) is 4.79 Å². The summed E-state index contributed by atoms with van der Waals surface area (Å²) in [6.45, 7) is 3.98. The summed E-state index contributed by atoms with van der Waals surface area (Å²) in [4.78, 5) is 10.7. The number of ether oxygens (including phenoxy) is 2. The van der Waals surface area contributed by atoms with Gasteiger partial charge >= 0.3 is 5.97 Å². The molecule has 1 aliphatic rings. The van der Waals surface area contributed by atoms with Crippen LogP contribution in [-0.2, 0) is 4.79 Å². The summed E-state index contributed by atoms with van der Waals surface area (Å²) in [6, 6.07) is 3.67. The van der Waals surface area contributed by atoms with Crippen LogP contribution in [0, 0.1) is 13.8 Å². The maximum atomic E-state index is 10.7. The van der Waals surface area contributed by atoms with Crippen molar-refractivity contribution in [1.82, 2.24) is 0 Å². The summed E-state index contributed by atoms with van der Waals surface area (Å²) < 4.78 is 10.6. The highest BCUT2D eigenvalue weighted by Crippen LogP contribution is 2.34. The van der Waals surface area contributed by atoms with Crippen LogP contribution < -0.4 is 9.47 Å². The summed E-state index contributed by atoms with van der Waals surface area (Å²) >= 11 is 0. The van der Waals surface area contributed by atoms with Gasteiger partial charge in [0.2, 0.25) is 6.10 Å². The minimum absolute atomic E-state index is 0.0604. The number of hydrogen-bond donors (Lipinski definition) is 1. The molecular weight excluding hydrogens is 196 g/mol. The number of benzene rings is 1. The van der Waals surface area contributed by atoms with Crippen molar-refractivity contribution in [3.8, 4) is 11.5 Å². The first-order valence-corrected chi connectivity index (χ1v) is 4.71. The van der Waals surface area contributed by atoms with Crippen molar-refractivity contribution in [2.45, 2.75) is 20.0 Å². The van der Waals surface area contributed by atoms with Gasteiger partial charge in [-0.3, -0.25) is 0 Å². The second-order valence-corrected chi connectivity index (χ2v) is 3.64. The Labute approximate surface area is 87.4 Å². The van der Waals surface area contributed by atoms with Gasteiger partial charge in [-0.2, -0.15) is 0 Å². The first-order valence-electron chi connectivity index (χ1n) is 4.71. The molecule has 0 saturated carbocycles. The van der Waals surface area contributed by atoms with Crippen molar-refractivity contribution in [2.75, 3.05) is 6.61 Å². The number of carbonyl (C=O) groups is 1. The third kappa shape index (κ3) is 1.75. The van der Waals surface area contributed by atoms with E-state index in [-0.39, 0.29) is 6.61 Å².